The average molecular weight is 281 g/mol. The lowest BCUT2D eigenvalue weighted by molar-refractivity contribution is 0.473. The van der Waals surface area contributed by atoms with E-state index in [0.29, 0.717) is 5.56 Å². The molecule has 0 atom stereocenters. The Balaban J connectivity index is 2.33. The Kier molecular flexibility index (Phi) is 3.44. The minimum Gasteiger partial charge on any atom is -0.508 e. The first-order valence-electron chi connectivity index (χ1n) is 5.46. The van der Waals surface area contributed by atoms with Gasteiger partial charge in [0.05, 0.1) is 4.90 Å². The number of anilines is 1. The number of rotatable bonds is 3. The molecule has 0 saturated carbocycles. The molecule has 0 aliphatic carbocycles. The van der Waals surface area contributed by atoms with Crippen molar-refractivity contribution in [2.24, 2.45) is 0 Å². The number of aryl methyl sites for hydroxylation is 1. The standard InChI is InChI=1S/C13H12FNO3S/c1-9-7-10(5-6-13(9)14)15-19(17,18)12-4-2-3-11(16)8-12/h2-8,15-16H,1H3. The van der Waals surface area contributed by atoms with E-state index in [1.54, 1.807) is 6.92 Å². The van der Waals surface area contributed by atoms with Gasteiger partial charge in [-0.2, -0.15) is 0 Å². The van der Waals surface area contributed by atoms with Crippen molar-refractivity contribution >= 4 is 15.7 Å². The Morgan fingerprint density at radius 2 is 1.89 bits per heavy atom. The molecule has 0 fully saturated rings. The van der Waals surface area contributed by atoms with Gasteiger partial charge < -0.3 is 5.11 Å². The number of hydrogen-bond donors (Lipinski definition) is 2. The summed E-state index contributed by atoms with van der Waals surface area (Å²) in [7, 11) is -3.80. The largest absolute Gasteiger partial charge is 0.508 e. The van der Waals surface area contributed by atoms with Crippen LogP contribution in [-0.4, -0.2) is 13.5 Å². The van der Waals surface area contributed by atoms with Crippen molar-refractivity contribution in [3.8, 4) is 5.75 Å². The molecular formula is C13H12FNO3S. The maximum Gasteiger partial charge on any atom is 0.262 e. The second-order valence-corrected chi connectivity index (χ2v) is 5.75. The van der Waals surface area contributed by atoms with E-state index in [1.165, 1.54) is 36.4 Å². The summed E-state index contributed by atoms with van der Waals surface area (Å²) in [4.78, 5) is -0.0607. The number of halogens is 1. The van der Waals surface area contributed by atoms with Gasteiger partial charge in [0.2, 0.25) is 0 Å². The molecular weight excluding hydrogens is 269 g/mol. The predicted octanol–water partition coefficient (Wildman–Crippen LogP) is 2.64. The third-order valence-corrected chi connectivity index (χ3v) is 3.92. The van der Waals surface area contributed by atoms with E-state index in [1.807, 2.05) is 0 Å². The van der Waals surface area contributed by atoms with Crippen LogP contribution in [0.4, 0.5) is 10.1 Å². The summed E-state index contributed by atoms with van der Waals surface area (Å²) in [5.74, 6) is -0.543. The summed E-state index contributed by atoms with van der Waals surface area (Å²) >= 11 is 0. The summed E-state index contributed by atoms with van der Waals surface area (Å²) < 4.78 is 39.5. The zero-order valence-corrected chi connectivity index (χ0v) is 10.9. The van der Waals surface area contributed by atoms with Crippen molar-refractivity contribution < 1.29 is 17.9 Å². The highest BCUT2D eigenvalue weighted by Crippen LogP contribution is 2.21. The zero-order valence-electron chi connectivity index (χ0n) is 10.1. The van der Waals surface area contributed by atoms with Crippen LogP contribution in [0.3, 0.4) is 0 Å². The highest BCUT2D eigenvalue weighted by molar-refractivity contribution is 7.92. The van der Waals surface area contributed by atoms with Gasteiger partial charge in [-0.1, -0.05) is 6.07 Å². The third-order valence-electron chi connectivity index (χ3n) is 2.54. The monoisotopic (exact) mass is 281 g/mol. The normalized spacial score (nSPS) is 11.3. The van der Waals surface area contributed by atoms with Crippen LogP contribution >= 0.6 is 0 Å². The van der Waals surface area contributed by atoms with Crippen LogP contribution in [0, 0.1) is 12.7 Å². The lowest BCUT2D eigenvalue weighted by atomic mass is 10.2. The Morgan fingerprint density at radius 3 is 2.53 bits per heavy atom. The first-order chi connectivity index (χ1) is 8.88. The van der Waals surface area contributed by atoms with Crippen LogP contribution in [-0.2, 0) is 10.0 Å². The molecule has 0 radical (unpaired) electrons. The number of sulfonamides is 1. The molecule has 0 aromatic heterocycles. The molecule has 2 aromatic carbocycles. The van der Waals surface area contributed by atoms with Gasteiger partial charge in [0.25, 0.3) is 10.0 Å². The summed E-state index contributed by atoms with van der Waals surface area (Å²) in [5.41, 5.74) is 0.610. The van der Waals surface area contributed by atoms with Gasteiger partial charge in [-0.15, -0.1) is 0 Å². The number of nitrogens with one attached hydrogen (secondary N) is 1. The molecule has 4 nitrogen and oxygen atoms in total. The fourth-order valence-electron chi connectivity index (χ4n) is 1.57. The van der Waals surface area contributed by atoms with Crippen molar-refractivity contribution in [2.75, 3.05) is 4.72 Å². The van der Waals surface area contributed by atoms with Crippen LogP contribution in [0.2, 0.25) is 0 Å². The Bertz CT molecular complexity index is 714. The quantitative estimate of drug-likeness (QED) is 0.909. The van der Waals surface area contributed by atoms with E-state index in [9.17, 15) is 17.9 Å². The summed E-state index contributed by atoms with van der Waals surface area (Å²) in [6.45, 7) is 1.54. The van der Waals surface area contributed by atoms with E-state index in [0.717, 1.165) is 6.07 Å². The molecule has 0 heterocycles. The van der Waals surface area contributed by atoms with Gasteiger partial charge in [-0.25, -0.2) is 12.8 Å². The van der Waals surface area contributed by atoms with E-state index in [-0.39, 0.29) is 16.3 Å². The Hall–Kier alpha value is -2.08. The van der Waals surface area contributed by atoms with Gasteiger partial charge in [-0.05, 0) is 42.8 Å². The van der Waals surface area contributed by atoms with E-state index < -0.39 is 15.8 Å². The van der Waals surface area contributed by atoms with Gasteiger partial charge in [0, 0.05) is 11.8 Å². The zero-order chi connectivity index (χ0) is 14.0. The smallest absolute Gasteiger partial charge is 0.262 e. The molecule has 2 rings (SSSR count). The van der Waals surface area contributed by atoms with Crippen LogP contribution in [0.15, 0.2) is 47.4 Å². The first-order valence-corrected chi connectivity index (χ1v) is 6.95. The molecule has 6 heteroatoms. The topological polar surface area (TPSA) is 66.4 Å². The number of phenols is 1. The first kappa shape index (κ1) is 13.4. The molecule has 0 saturated heterocycles. The summed E-state index contributed by atoms with van der Waals surface area (Å²) in [6.07, 6.45) is 0. The highest BCUT2D eigenvalue weighted by atomic mass is 32.2. The van der Waals surface area contributed by atoms with Gasteiger partial charge in [0.1, 0.15) is 11.6 Å². The lowest BCUT2D eigenvalue weighted by Crippen LogP contribution is -2.13. The molecule has 0 aliphatic rings. The van der Waals surface area contributed by atoms with Gasteiger partial charge in [0.15, 0.2) is 0 Å². The molecule has 100 valence electrons. The van der Waals surface area contributed by atoms with Crippen LogP contribution < -0.4 is 4.72 Å². The molecule has 0 unspecified atom stereocenters. The number of hydrogen-bond acceptors (Lipinski definition) is 3. The number of aromatic hydroxyl groups is 1. The second kappa shape index (κ2) is 4.89. The minimum absolute atomic E-state index is 0.0607. The lowest BCUT2D eigenvalue weighted by Gasteiger charge is -2.09. The summed E-state index contributed by atoms with van der Waals surface area (Å²) in [6, 6.07) is 9.23. The maximum atomic E-state index is 13.1. The van der Waals surface area contributed by atoms with E-state index in [4.69, 9.17) is 0 Å². The van der Waals surface area contributed by atoms with Crippen LogP contribution in [0.5, 0.6) is 5.75 Å². The van der Waals surface area contributed by atoms with E-state index >= 15 is 0 Å². The fourth-order valence-corrected chi connectivity index (χ4v) is 2.66. The molecule has 0 spiro atoms. The SMILES string of the molecule is Cc1cc(NS(=O)(=O)c2cccc(O)c2)ccc1F. The summed E-state index contributed by atoms with van der Waals surface area (Å²) in [5, 5.41) is 9.28. The van der Waals surface area contributed by atoms with Crippen molar-refractivity contribution in [3.05, 3.63) is 53.8 Å². The van der Waals surface area contributed by atoms with Crippen molar-refractivity contribution in [3.63, 3.8) is 0 Å². The minimum atomic E-state index is -3.80. The van der Waals surface area contributed by atoms with Crippen LogP contribution in [0.25, 0.3) is 0 Å². The fraction of sp³-hybridized carbons (Fsp3) is 0.0769. The number of benzene rings is 2. The second-order valence-electron chi connectivity index (χ2n) is 4.07. The Morgan fingerprint density at radius 1 is 1.16 bits per heavy atom. The van der Waals surface area contributed by atoms with E-state index in [2.05, 4.69) is 4.72 Å². The molecule has 0 amide bonds. The number of phenolic OH excluding ortho intramolecular Hbond substituents is 1. The van der Waals surface area contributed by atoms with Crippen molar-refractivity contribution in [1.82, 2.24) is 0 Å². The van der Waals surface area contributed by atoms with Crippen molar-refractivity contribution in [2.45, 2.75) is 11.8 Å². The molecule has 0 aliphatic heterocycles. The average Bonchev–Trinajstić information content (AvgIpc) is 2.33. The molecule has 19 heavy (non-hydrogen) atoms. The molecule has 2 aromatic rings. The van der Waals surface area contributed by atoms with Crippen molar-refractivity contribution in [1.29, 1.82) is 0 Å². The highest BCUT2D eigenvalue weighted by Gasteiger charge is 2.15. The molecule has 0 bridgehead atoms. The van der Waals surface area contributed by atoms with Gasteiger partial charge >= 0.3 is 0 Å². The van der Waals surface area contributed by atoms with Gasteiger partial charge in [-0.3, -0.25) is 4.72 Å². The maximum absolute atomic E-state index is 13.1. The predicted molar refractivity (Wildman–Crippen MR) is 70.1 cm³/mol. The Labute approximate surface area is 110 Å². The third kappa shape index (κ3) is 3.03. The van der Waals surface area contributed by atoms with Crippen LogP contribution in [0.1, 0.15) is 5.56 Å². The molecule has 2 N–H and O–H groups in total.